The molecule has 3 nitrogen and oxygen atoms in total. The molecule has 3 heteroatoms. The minimum absolute atomic E-state index is 0.324. The van der Waals surface area contributed by atoms with E-state index < -0.39 is 0 Å². The van der Waals surface area contributed by atoms with Crippen molar-refractivity contribution in [2.24, 2.45) is 4.99 Å². The highest BCUT2D eigenvalue weighted by Gasteiger charge is 2.32. The minimum Gasteiger partial charge on any atom is -0.396 e. The van der Waals surface area contributed by atoms with Crippen molar-refractivity contribution in [2.45, 2.75) is 90.4 Å². The highest BCUT2D eigenvalue weighted by Crippen LogP contribution is 2.19. The van der Waals surface area contributed by atoms with Gasteiger partial charge in [-0.2, -0.15) is 0 Å². The maximum Gasteiger partial charge on any atom is 0.198 e. The maximum absolute atomic E-state index is 8.96. The van der Waals surface area contributed by atoms with Crippen molar-refractivity contribution in [3.8, 4) is 0 Å². The summed E-state index contributed by atoms with van der Waals surface area (Å²) in [4.78, 5) is 4.77. The van der Waals surface area contributed by atoms with Crippen molar-refractivity contribution in [1.82, 2.24) is 0 Å². The number of hydrogen-bond donors (Lipinski definition) is 1. The lowest BCUT2D eigenvalue weighted by molar-refractivity contribution is -0.815. The lowest BCUT2D eigenvalue weighted by atomic mass is 10.1. The molecule has 1 heterocycles. The van der Waals surface area contributed by atoms with Crippen LogP contribution in [0, 0.1) is 0 Å². The van der Waals surface area contributed by atoms with Crippen molar-refractivity contribution >= 4 is 5.84 Å². The zero-order valence-corrected chi connectivity index (χ0v) is 15.9. The molecule has 1 aliphatic heterocycles. The van der Waals surface area contributed by atoms with Gasteiger partial charge >= 0.3 is 0 Å². The quantitative estimate of drug-likeness (QED) is 0.336. The molecule has 0 aromatic carbocycles. The van der Waals surface area contributed by atoms with Crippen molar-refractivity contribution in [2.75, 3.05) is 33.3 Å². The normalized spacial score (nSPS) is 20.9. The fourth-order valence-corrected chi connectivity index (χ4v) is 3.63. The molecule has 0 aromatic rings. The molecule has 0 saturated carbocycles. The van der Waals surface area contributed by atoms with E-state index in [1.54, 1.807) is 0 Å². The molecule has 0 aliphatic carbocycles. The van der Waals surface area contributed by atoms with Gasteiger partial charge in [-0.25, -0.2) is 4.99 Å². The molecular weight excluding hydrogens is 284 g/mol. The Morgan fingerprint density at radius 1 is 0.870 bits per heavy atom. The number of quaternary nitrogens is 1. The molecule has 0 saturated heterocycles. The van der Waals surface area contributed by atoms with E-state index in [9.17, 15) is 0 Å². The second-order valence-electron chi connectivity index (χ2n) is 7.50. The molecule has 1 N–H and O–H groups in total. The van der Waals surface area contributed by atoms with E-state index in [1.807, 2.05) is 0 Å². The number of nitrogens with zero attached hydrogens (tertiary/aromatic N) is 2. The zero-order valence-electron chi connectivity index (χ0n) is 15.9. The van der Waals surface area contributed by atoms with Gasteiger partial charge in [-0.3, -0.25) is 4.48 Å². The summed E-state index contributed by atoms with van der Waals surface area (Å²) in [5.41, 5.74) is 0. The number of amidine groups is 1. The second kappa shape index (κ2) is 12.9. The van der Waals surface area contributed by atoms with Crippen LogP contribution >= 0.6 is 0 Å². The smallest absolute Gasteiger partial charge is 0.198 e. The van der Waals surface area contributed by atoms with E-state index >= 15 is 0 Å². The van der Waals surface area contributed by atoms with Crippen molar-refractivity contribution in [3.63, 3.8) is 0 Å². The third-order valence-corrected chi connectivity index (χ3v) is 5.32. The van der Waals surface area contributed by atoms with Crippen LogP contribution in [0.25, 0.3) is 0 Å². The van der Waals surface area contributed by atoms with Crippen LogP contribution in [-0.4, -0.2) is 48.7 Å². The Kier molecular flexibility index (Phi) is 11.6. The SMILES string of the molecule is CCCCCCCCCCCCC1=NCC[N+]1(C)CCCCO. The molecule has 1 atom stereocenters. The van der Waals surface area contributed by atoms with Gasteiger partial charge in [0.25, 0.3) is 0 Å². The van der Waals surface area contributed by atoms with Gasteiger partial charge in [-0.1, -0.05) is 64.7 Å². The summed E-state index contributed by atoms with van der Waals surface area (Å²) in [6, 6.07) is 0. The Labute approximate surface area is 144 Å². The number of rotatable bonds is 15. The molecule has 0 amide bonds. The van der Waals surface area contributed by atoms with Crippen molar-refractivity contribution in [3.05, 3.63) is 0 Å². The Morgan fingerprint density at radius 3 is 2.09 bits per heavy atom. The topological polar surface area (TPSA) is 32.6 Å². The summed E-state index contributed by atoms with van der Waals surface area (Å²) < 4.78 is 1.04. The van der Waals surface area contributed by atoms with Crippen LogP contribution in [0.1, 0.15) is 90.4 Å². The first kappa shape index (κ1) is 20.6. The standard InChI is InChI=1S/C20H41N2O/c1-3-4-5-6-7-8-9-10-11-12-15-20-21-16-18-22(20,2)17-13-14-19-23/h23H,3-19H2,1-2H3/q+1. The summed E-state index contributed by atoms with van der Waals surface area (Å²) in [6.07, 6.45) is 17.2. The highest BCUT2D eigenvalue weighted by atomic mass is 16.2. The lowest BCUT2D eigenvalue weighted by Gasteiger charge is -2.30. The molecule has 0 spiro atoms. The first-order chi connectivity index (χ1) is 11.2. The van der Waals surface area contributed by atoms with Crippen LogP contribution < -0.4 is 0 Å². The van der Waals surface area contributed by atoms with Crippen molar-refractivity contribution in [1.29, 1.82) is 0 Å². The van der Waals surface area contributed by atoms with E-state index in [1.165, 1.54) is 83.0 Å². The fourth-order valence-electron chi connectivity index (χ4n) is 3.63. The van der Waals surface area contributed by atoms with Crippen LogP contribution in [0.4, 0.5) is 0 Å². The average Bonchev–Trinajstić information content (AvgIpc) is 2.90. The third kappa shape index (κ3) is 8.85. The van der Waals surface area contributed by atoms with Gasteiger partial charge in [0.15, 0.2) is 5.84 Å². The molecule has 136 valence electrons. The molecular formula is C20H41N2O+. The highest BCUT2D eigenvalue weighted by molar-refractivity contribution is 5.76. The molecule has 23 heavy (non-hydrogen) atoms. The zero-order chi connectivity index (χ0) is 16.8. The first-order valence-corrected chi connectivity index (χ1v) is 10.2. The number of likely N-dealkylation sites (N-methyl/N-ethyl adjacent to an activating group) is 1. The number of unbranched alkanes of at least 4 members (excludes halogenated alkanes) is 10. The van der Waals surface area contributed by atoms with Crippen LogP contribution in [-0.2, 0) is 0 Å². The summed E-state index contributed by atoms with van der Waals surface area (Å²) >= 11 is 0. The number of aliphatic imine (C=N–C) groups is 1. The van der Waals surface area contributed by atoms with Gasteiger partial charge in [-0.05, 0) is 19.3 Å². The second-order valence-corrected chi connectivity index (χ2v) is 7.50. The Hall–Kier alpha value is -0.410. The first-order valence-electron chi connectivity index (χ1n) is 10.2. The van der Waals surface area contributed by atoms with Crippen molar-refractivity contribution < 1.29 is 9.59 Å². The predicted octanol–water partition coefficient (Wildman–Crippen LogP) is 4.93. The van der Waals surface area contributed by atoms with Gasteiger partial charge in [0.05, 0.1) is 20.1 Å². The summed E-state index contributed by atoms with van der Waals surface area (Å²) in [5.74, 6) is 1.42. The van der Waals surface area contributed by atoms with Gasteiger partial charge in [0, 0.05) is 13.0 Å². The average molecular weight is 326 g/mol. The summed E-state index contributed by atoms with van der Waals surface area (Å²) in [6.45, 7) is 5.92. The van der Waals surface area contributed by atoms with E-state index in [4.69, 9.17) is 10.1 Å². The lowest BCUT2D eigenvalue weighted by Crippen LogP contribution is -2.47. The molecule has 1 unspecified atom stereocenters. The summed E-state index contributed by atoms with van der Waals surface area (Å²) in [7, 11) is 2.33. The van der Waals surface area contributed by atoms with Crippen LogP contribution in [0.3, 0.4) is 0 Å². The molecule has 0 fully saturated rings. The Bertz CT molecular complexity index is 317. The largest absolute Gasteiger partial charge is 0.396 e. The van der Waals surface area contributed by atoms with E-state index in [-0.39, 0.29) is 0 Å². The fraction of sp³-hybridized carbons (Fsp3) is 0.950. The Morgan fingerprint density at radius 2 is 1.48 bits per heavy atom. The van der Waals surface area contributed by atoms with Gasteiger partial charge in [0.1, 0.15) is 6.54 Å². The van der Waals surface area contributed by atoms with E-state index in [0.717, 1.165) is 30.4 Å². The molecule has 0 radical (unpaired) electrons. The van der Waals surface area contributed by atoms with Gasteiger partial charge < -0.3 is 5.11 Å². The van der Waals surface area contributed by atoms with Crippen LogP contribution in [0.5, 0.6) is 0 Å². The Balaban J connectivity index is 2.02. The predicted molar refractivity (Wildman–Crippen MR) is 101 cm³/mol. The maximum atomic E-state index is 8.96. The molecule has 0 bridgehead atoms. The minimum atomic E-state index is 0.324. The van der Waals surface area contributed by atoms with E-state index in [2.05, 4.69) is 14.0 Å². The summed E-state index contributed by atoms with van der Waals surface area (Å²) in [5, 5.41) is 8.96. The van der Waals surface area contributed by atoms with Gasteiger partial charge in [0.2, 0.25) is 0 Å². The third-order valence-electron chi connectivity index (χ3n) is 5.32. The molecule has 1 rings (SSSR count). The van der Waals surface area contributed by atoms with Gasteiger partial charge in [-0.15, -0.1) is 0 Å². The molecule has 1 aliphatic rings. The van der Waals surface area contributed by atoms with Crippen LogP contribution in [0.15, 0.2) is 4.99 Å². The van der Waals surface area contributed by atoms with Crippen LogP contribution in [0.2, 0.25) is 0 Å². The van der Waals surface area contributed by atoms with E-state index in [0.29, 0.717) is 6.61 Å². The monoisotopic (exact) mass is 325 g/mol. The number of aliphatic hydroxyl groups excluding tert-OH is 1. The molecule has 0 aromatic heterocycles. The number of hydrogen-bond acceptors (Lipinski definition) is 2. The number of aliphatic hydroxyl groups is 1.